The molecule has 1 amide bonds. The van der Waals surface area contributed by atoms with Crippen molar-refractivity contribution in [1.82, 2.24) is 10.2 Å². The Morgan fingerprint density at radius 1 is 1.10 bits per heavy atom. The minimum absolute atomic E-state index is 0.181. The van der Waals surface area contributed by atoms with Crippen LogP contribution in [-0.2, 0) is 9.53 Å². The maximum Gasteiger partial charge on any atom is 0.268 e. The zero-order valence-corrected chi connectivity index (χ0v) is 17.5. The smallest absolute Gasteiger partial charge is 0.268 e. The molecule has 0 fully saturated rings. The second-order valence-electron chi connectivity index (χ2n) is 7.48. The Balaban J connectivity index is 1.79. The van der Waals surface area contributed by atoms with E-state index < -0.39 is 12.3 Å². The molecule has 29 heavy (non-hydrogen) atoms. The summed E-state index contributed by atoms with van der Waals surface area (Å²) in [4.78, 5) is 19.6. The van der Waals surface area contributed by atoms with Crippen molar-refractivity contribution in [2.24, 2.45) is 4.99 Å². The van der Waals surface area contributed by atoms with Gasteiger partial charge in [-0.05, 0) is 51.7 Å². The highest BCUT2D eigenvalue weighted by Crippen LogP contribution is 2.36. The molecule has 2 aromatic carbocycles. The second kappa shape index (κ2) is 9.67. The van der Waals surface area contributed by atoms with Crippen molar-refractivity contribution in [1.29, 1.82) is 0 Å². The predicted octanol–water partition coefficient (Wildman–Crippen LogP) is 3.28. The van der Waals surface area contributed by atoms with Crippen LogP contribution < -0.4 is 10.1 Å². The van der Waals surface area contributed by atoms with Crippen LogP contribution in [0.15, 0.2) is 53.5 Å². The summed E-state index contributed by atoms with van der Waals surface area (Å²) in [5.41, 5.74) is 3.39. The number of amides is 1. The highest BCUT2D eigenvalue weighted by molar-refractivity contribution is 6.41. The van der Waals surface area contributed by atoms with Crippen LogP contribution >= 0.6 is 0 Å². The topological polar surface area (TPSA) is 63.2 Å². The van der Waals surface area contributed by atoms with Crippen molar-refractivity contribution in [3.05, 3.63) is 65.2 Å². The summed E-state index contributed by atoms with van der Waals surface area (Å²) < 4.78 is 11.4. The molecule has 0 aliphatic carbocycles. The number of ether oxygens (including phenoxy) is 2. The monoisotopic (exact) mass is 395 g/mol. The van der Waals surface area contributed by atoms with Gasteiger partial charge in [0.25, 0.3) is 5.91 Å². The number of hydrogen-bond donors (Lipinski definition) is 1. The van der Waals surface area contributed by atoms with Crippen LogP contribution in [0.3, 0.4) is 0 Å². The van der Waals surface area contributed by atoms with E-state index in [9.17, 15) is 4.79 Å². The molecule has 1 heterocycles. The van der Waals surface area contributed by atoms with E-state index in [1.54, 1.807) is 7.11 Å². The van der Waals surface area contributed by atoms with Crippen LogP contribution in [0, 0.1) is 6.92 Å². The molecular formula is C23H29N3O3. The highest BCUT2D eigenvalue weighted by atomic mass is 16.5. The van der Waals surface area contributed by atoms with E-state index in [4.69, 9.17) is 9.47 Å². The van der Waals surface area contributed by atoms with Gasteiger partial charge in [0.1, 0.15) is 17.6 Å². The maximum absolute atomic E-state index is 12.9. The summed E-state index contributed by atoms with van der Waals surface area (Å²) in [6.45, 7) is 3.55. The Kier molecular flexibility index (Phi) is 7.01. The van der Waals surface area contributed by atoms with E-state index in [1.807, 2.05) is 69.6 Å². The number of nitrogens with one attached hydrogen (secondary N) is 1. The summed E-state index contributed by atoms with van der Waals surface area (Å²) in [6.07, 6.45) is -0.132. The molecule has 0 bridgehead atoms. The van der Waals surface area contributed by atoms with Crippen molar-refractivity contribution in [2.75, 3.05) is 34.3 Å². The standard InChI is InChI=1S/C23H29N3O3/c1-16-6-8-18(9-7-16)23-25-20(22(27)24-14-5-15-26(2)3)21(29-23)17-10-12-19(28-4)13-11-17/h6-13,21,23H,5,14-15H2,1-4H3,(H,24,27). The third-order valence-corrected chi connectivity index (χ3v) is 4.85. The molecule has 2 atom stereocenters. The number of nitrogens with zero attached hydrogens (tertiary/aromatic N) is 2. The zero-order chi connectivity index (χ0) is 20.8. The summed E-state index contributed by atoms with van der Waals surface area (Å²) in [7, 11) is 5.66. The first kappa shape index (κ1) is 21.0. The van der Waals surface area contributed by atoms with Gasteiger partial charge in [0, 0.05) is 12.1 Å². The molecule has 2 unspecified atom stereocenters. The molecule has 1 N–H and O–H groups in total. The summed E-state index contributed by atoms with van der Waals surface area (Å²) in [5.74, 6) is 0.577. The average Bonchev–Trinajstić information content (AvgIpc) is 3.17. The molecule has 154 valence electrons. The lowest BCUT2D eigenvalue weighted by Gasteiger charge is -2.16. The van der Waals surface area contributed by atoms with Crippen LogP contribution in [0.1, 0.15) is 35.4 Å². The number of methoxy groups -OCH3 is 1. The van der Waals surface area contributed by atoms with Crippen LogP contribution in [0.2, 0.25) is 0 Å². The molecule has 6 nitrogen and oxygen atoms in total. The molecule has 0 saturated carbocycles. The number of carbonyl (C=O) groups is 1. The first-order chi connectivity index (χ1) is 14.0. The minimum Gasteiger partial charge on any atom is -0.497 e. The van der Waals surface area contributed by atoms with Gasteiger partial charge in [0.15, 0.2) is 6.23 Å². The molecule has 3 rings (SSSR count). The van der Waals surface area contributed by atoms with Gasteiger partial charge in [-0.25, -0.2) is 4.99 Å². The second-order valence-corrected chi connectivity index (χ2v) is 7.48. The molecule has 1 aliphatic heterocycles. The molecular weight excluding hydrogens is 366 g/mol. The van der Waals surface area contributed by atoms with E-state index in [-0.39, 0.29) is 5.91 Å². The largest absolute Gasteiger partial charge is 0.497 e. The summed E-state index contributed by atoms with van der Waals surface area (Å²) >= 11 is 0. The third kappa shape index (κ3) is 5.43. The first-order valence-corrected chi connectivity index (χ1v) is 9.84. The lowest BCUT2D eigenvalue weighted by molar-refractivity contribution is -0.115. The lowest BCUT2D eigenvalue weighted by Crippen LogP contribution is -2.35. The number of aliphatic imine (C=N–C) groups is 1. The number of hydrogen-bond acceptors (Lipinski definition) is 5. The van der Waals surface area contributed by atoms with E-state index in [2.05, 4.69) is 15.2 Å². The fourth-order valence-electron chi connectivity index (χ4n) is 3.18. The average molecular weight is 396 g/mol. The number of benzene rings is 2. The SMILES string of the molecule is COc1ccc(C2OC(c3ccc(C)cc3)N=C2C(=O)NCCCN(C)C)cc1. The number of rotatable bonds is 8. The van der Waals surface area contributed by atoms with Crippen LogP contribution in [0.5, 0.6) is 5.75 Å². The van der Waals surface area contributed by atoms with Crippen molar-refractivity contribution in [3.63, 3.8) is 0 Å². The van der Waals surface area contributed by atoms with Crippen molar-refractivity contribution in [3.8, 4) is 5.75 Å². The number of aryl methyl sites for hydroxylation is 1. The van der Waals surface area contributed by atoms with Gasteiger partial charge in [0.05, 0.1) is 7.11 Å². The zero-order valence-electron chi connectivity index (χ0n) is 17.5. The fraction of sp³-hybridized carbons (Fsp3) is 0.391. The lowest BCUT2D eigenvalue weighted by atomic mass is 10.0. The molecule has 2 aromatic rings. The minimum atomic E-state index is -0.513. The third-order valence-electron chi connectivity index (χ3n) is 4.85. The van der Waals surface area contributed by atoms with E-state index in [1.165, 1.54) is 5.56 Å². The quantitative estimate of drug-likeness (QED) is 0.697. The van der Waals surface area contributed by atoms with Gasteiger partial charge in [-0.3, -0.25) is 4.79 Å². The van der Waals surface area contributed by atoms with Gasteiger partial charge >= 0.3 is 0 Å². The Morgan fingerprint density at radius 2 is 1.76 bits per heavy atom. The Morgan fingerprint density at radius 3 is 2.38 bits per heavy atom. The van der Waals surface area contributed by atoms with Gasteiger partial charge in [-0.1, -0.05) is 42.0 Å². The van der Waals surface area contributed by atoms with Gasteiger partial charge < -0.3 is 19.7 Å². The number of carbonyl (C=O) groups excluding carboxylic acids is 1. The Hall–Kier alpha value is -2.70. The fourth-order valence-corrected chi connectivity index (χ4v) is 3.18. The normalized spacial score (nSPS) is 18.6. The van der Waals surface area contributed by atoms with Gasteiger partial charge in [-0.2, -0.15) is 0 Å². The van der Waals surface area contributed by atoms with Crippen molar-refractivity contribution in [2.45, 2.75) is 25.7 Å². The van der Waals surface area contributed by atoms with E-state index in [0.717, 1.165) is 29.8 Å². The summed E-state index contributed by atoms with van der Waals surface area (Å²) in [5, 5.41) is 2.98. The molecule has 0 spiro atoms. The molecule has 1 aliphatic rings. The molecule has 0 aromatic heterocycles. The predicted molar refractivity (Wildman–Crippen MR) is 114 cm³/mol. The Labute approximate surface area is 172 Å². The van der Waals surface area contributed by atoms with E-state index >= 15 is 0 Å². The van der Waals surface area contributed by atoms with Gasteiger partial charge in [-0.15, -0.1) is 0 Å². The van der Waals surface area contributed by atoms with Crippen LogP contribution in [-0.4, -0.2) is 50.8 Å². The van der Waals surface area contributed by atoms with Crippen LogP contribution in [0.25, 0.3) is 0 Å². The first-order valence-electron chi connectivity index (χ1n) is 9.84. The summed E-state index contributed by atoms with van der Waals surface area (Å²) in [6, 6.07) is 15.6. The Bertz CT molecular complexity index is 845. The molecule has 6 heteroatoms. The molecule has 0 radical (unpaired) electrons. The van der Waals surface area contributed by atoms with Crippen molar-refractivity contribution >= 4 is 11.6 Å². The maximum atomic E-state index is 12.9. The molecule has 0 saturated heterocycles. The highest BCUT2D eigenvalue weighted by Gasteiger charge is 2.35. The van der Waals surface area contributed by atoms with Crippen LogP contribution in [0.4, 0.5) is 0 Å². The van der Waals surface area contributed by atoms with Crippen molar-refractivity contribution < 1.29 is 14.3 Å². The van der Waals surface area contributed by atoms with Gasteiger partial charge in [0.2, 0.25) is 0 Å². The van der Waals surface area contributed by atoms with E-state index in [0.29, 0.717) is 12.3 Å².